The van der Waals surface area contributed by atoms with Crippen molar-refractivity contribution in [3.8, 4) is 11.6 Å². The number of alkyl halides is 3. The minimum Gasteiger partial charge on any atom is -0.439 e. The molecule has 4 rings (SSSR count). The van der Waals surface area contributed by atoms with Gasteiger partial charge in [0, 0.05) is 38.3 Å². The molecule has 0 radical (unpaired) electrons. The summed E-state index contributed by atoms with van der Waals surface area (Å²) in [6, 6.07) is 5.56. The van der Waals surface area contributed by atoms with Crippen LogP contribution < -0.4 is 15.0 Å². The van der Waals surface area contributed by atoms with Crippen molar-refractivity contribution < 1.29 is 32.2 Å². The molecule has 0 bridgehead atoms. The lowest BCUT2D eigenvalue weighted by molar-refractivity contribution is -0.141. The molecule has 1 aromatic carbocycles. The van der Waals surface area contributed by atoms with Crippen LogP contribution in [-0.4, -0.2) is 71.3 Å². The number of amides is 1. The van der Waals surface area contributed by atoms with E-state index in [4.69, 9.17) is 4.74 Å². The van der Waals surface area contributed by atoms with Crippen LogP contribution in [0.1, 0.15) is 12.1 Å². The first-order valence-corrected chi connectivity index (χ1v) is 10.3. The zero-order chi connectivity index (χ0) is 23.8. The summed E-state index contributed by atoms with van der Waals surface area (Å²) >= 11 is 0. The van der Waals surface area contributed by atoms with E-state index >= 15 is 0 Å². The van der Waals surface area contributed by atoms with E-state index in [-0.39, 0.29) is 49.6 Å². The maximum absolute atomic E-state index is 13.4. The van der Waals surface area contributed by atoms with Crippen molar-refractivity contribution in [3.63, 3.8) is 0 Å². The summed E-state index contributed by atoms with van der Waals surface area (Å²) < 4.78 is 59.0. The zero-order valence-corrected chi connectivity index (χ0v) is 17.8. The van der Waals surface area contributed by atoms with Crippen LogP contribution in [0.25, 0.3) is 0 Å². The van der Waals surface area contributed by atoms with Gasteiger partial charge in [-0.15, -0.1) is 0 Å². The van der Waals surface area contributed by atoms with Crippen molar-refractivity contribution >= 4 is 11.9 Å². The van der Waals surface area contributed by atoms with Gasteiger partial charge in [-0.05, 0) is 25.6 Å². The minimum absolute atomic E-state index is 0.0185. The number of rotatable bonds is 6. The van der Waals surface area contributed by atoms with Crippen LogP contribution in [0.3, 0.4) is 0 Å². The molecule has 2 aromatic rings. The van der Waals surface area contributed by atoms with Gasteiger partial charge in [0.2, 0.25) is 17.7 Å². The second-order valence-corrected chi connectivity index (χ2v) is 8.48. The molecule has 178 valence electrons. The number of hydrogen-bond donors (Lipinski definition) is 2. The lowest BCUT2D eigenvalue weighted by Crippen LogP contribution is -2.54. The average molecular weight is 469 g/mol. The molecule has 12 heteroatoms. The highest BCUT2D eigenvalue weighted by Gasteiger charge is 2.40. The largest absolute Gasteiger partial charge is 0.439 e. The van der Waals surface area contributed by atoms with E-state index in [0.29, 0.717) is 19.2 Å². The number of anilines is 1. The number of benzene rings is 1. The van der Waals surface area contributed by atoms with Gasteiger partial charge >= 0.3 is 6.18 Å². The van der Waals surface area contributed by atoms with Gasteiger partial charge in [0.1, 0.15) is 17.2 Å². The number of halogens is 4. The van der Waals surface area contributed by atoms with Crippen LogP contribution in [0.4, 0.5) is 23.5 Å². The van der Waals surface area contributed by atoms with E-state index in [9.17, 15) is 27.5 Å². The maximum atomic E-state index is 13.4. The molecule has 0 saturated carbocycles. The van der Waals surface area contributed by atoms with E-state index in [1.54, 1.807) is 0 Å². The fourth-order valence-electron chi connectivity index (χ4n) is 3.84. The predicted octanol–water partition coefficient (Wildman–Crippen LogP) is 2.05. The van der Waals surface area contributed by atoms with E-state index in [0.717, 1.165) is 6.07 Å². The number of likely N-dealkylation sites (tertiary alicyclic amines) is 1. The summed E-state index contributed by atoms with van der Waals surface area (Å²) in [7, 11) is 1.90. The van der Waals surface area contributed by atoms with Gasteiger partial charge in [-0.3, -0.25) is 4.79 Å². The van der Waals surface area contributed by atoms with E-state index in [2.05, 4.69) is 15.3 Å². The van der Waals surface area contributed by atoms with Crippen LogP contribution in [0.15, 0.2) is 30.3 Å². The molecule has 33 heavy (non-hydrogen) atoms. The molecule has 2 fully saturated rings. The number of aliphatic hydroxyl groups is 1. The third-order valence-electron chi connectivity index (χ3n) is 5.64. The van der Waals surface area contributed by atoms with Crippen LogP contribution in [-0.2, 0) is 11.0 Å². The number of carbonyl (C=O) groups is 1. The molecule has 2 aliphatic rings. The average Bonchev–Trinajstić information content (AvgIpc) is 3.11. The minimum atomic E-state index is -4.77. The van der Waals surface area contributed by atoms with Gasteiger partial charge in [-0.1, -0.05) is 6.07 Å². The number of ether oxygens (including phenoxy) is 1. The van der Waals surface area contributed by atoms with E-state index < -0.39 is 29.2 Å². The van der Waals surface area contributed by atoms with Crippen molar-refractivity contribution in [3.05, 3.63) is 41.8 Å². The fraction of sp³-hybridized carbons (Fsp3) is 0.476. The molecule has 1 unspecified atom stereocenters. The fourth-order valence-corrected chi connectivity index (χ4v) is 3.84. The standard InChI is InChI=1S/C21H23F4N5O3/c1-29-9-13(10-29)18(31)26-11-20(32)5-6-30(12-20)19-27-16(21(23,24)25)8-17(28-19)33-15-4-2-3-14(22)7-15/h2-4,7-8,13,32H,5-6,9-12H2,1H3,(H,26,31). The number of nitrogens with zero attached hydrogens (tertiary/aromatic N) is 4. The molecule has 2 saturated heterocycles. The smallest absolute Gasteiger partial charge is 0.433 e. The highest BCUT2D eigenvalue weighted by molar-refractivity contribution is 5.80. The summed E-state index contributed by atoms with van der Waals surface area (Å²) in [6.07, 6.45) is -4.56. The van der Waals surface area contributed by atoms with Gasteiger partial charge in [-0.25, -0.2) is 9.37 Å². The Balaban J connectivity index is 1.48. The van der Waals surface area contributed by atoms with E-state index in [1.807, 2.05) is 11.9 Å². The topological polar surface area (TPSA) is 90.8 Å². The van der Waals surface area contributed by atoms with Crippen molar-refractivity contribution in [2.24, 2.45) is 5.92 Å². The predicted molar refractivity (Wildman–Crippen MR) is 109 cm³/mol. The Bertz CT molecular complexity index is 1030. The second-order valence-electron chi connectivity index (χ2n) is 8.48. The summed E-state index contributed by atoms with van der Waals surface area (Å²) in [5, 5.41) is 13.6. The number of aromatic nitrogens is 2. The first-order chi connectivity index (χ1) is 15.5. The highest BCUT2D eigenvalue weighted by atomic mass is 19.4. The second kappa shape index (κ2) is 8.75. The Morgan fingerprint density at radius 1 is 1.30 bits per heavy atom. The normalized spacial score (nSPS) is 21.7. The molecule has 2 aliphatic heterocycles. The first-order valence-electron chi connectivity index (χ1n) is 10.3. The van der Waals surface area contributed by atoms with Gasteiger partial charge in [0.25, 0.3) is 0 Å². The summed E-state index contributed by atoms with van der Waals surface area (Å²) in [6.45, 7) is 1.36. The first kappa shape index (κ1) is 23.2. The lowest BCUT2D eigenvalue weighted by atomic mass is 9.99. The Hall–Kier alpha value is -2.99. The zero-order valence-electron chi connectivity index (χ0n) is 17.8. The van der Waals surface area contributed by atoms with Gasteiger partial charge in [0.05, 0.1) is 12.5 Å². The molecule has 1 aromatic heterocycles. The summed E-state index contributed by atoms with van der Waals surface area (Å²) in [5.74, 6) is -1.62. The molecule has 1 amide bonds. The highest BCUT2D eigenvalue weighted by Crippen LogP contribution is 2.34. The number of nitrogens with one attached hydrogen (secondary N) is 1. The summed E-state index contributed by atoms with van der Waals surface area (Å²) in [5.41, 5.74) is -2.57. The van der Waals surface area contributed by atoms with Gasteiger partial charge < -0.3 is 25.0 Å². The molecule has 1 atom stereocenters. The van der Waals surface area contributed by atoms with Crippen molar-refractivity contribution in [2.75, 3.05) is 44.7 Å². The lowest BCUT2D eigenvalue weighted by Gasteiger charge is -2.35. The monoisotopic (exact) mass is 469 g/mol. The third-order valence-corrected chi connectivity index (χ3v) is 5.64. The van der Waals surface area contributed by atoms with Crippen molar-refractivity contribution in [1.29, 1.82) is 0 Å². The van der Waals surface area contributed by atoms with Crippen molar-refractivity contribution in [2.45, 2.75) is 18.2 Å². The van der Waals surface area contributed by atoms with Crippen molar-refractivity contribution in [1.82, 2.24) is 20.2 Å². The molecule has 0 aliphatic carbocycles. The van der Waals surface area contributed by atoms with E-state index in [1.165, 1.54) is 23.1 Å². The molecular formula is C21H23F4N5O3. The maximum Gasteiger partial charge on any atom is 0.433 e. The van der Waals surface area contributed by atoms with Crippen LogP contribution in [0.5, 0.6) is 11.6 Å². The van der Waals surface area contributed by atoms with Gasteiger partial charge in [0.15, 0.2) is 5.69 Å². The Morgan fingerprint density at radius 2 is 2.06 bits per heavy atom. The number of carbonyl (C=O) groups excluding carboxylic acids is 1. The summed E-state index contributed by atoms with van der Waals surface area (Å²) in [4.78, 5) is 23.2. The van der Waals surface area contributed by atoms with Gasteiger partial charge in [-0.2, -0.15) is 18.2 Å². The Kier molecular flexibility index (Phi) is 6.14. The molecule has 0 spiro atoms. The number of β-amino-alcohol motifs (C(OH)–C–C–N with tert-alkyl or cyclic N) is 1. The quantitative estimate of drug-likeness (QED) is 0.626. The third kappa shape index (κ3) is 5.50. The Labute approximate surface area is 187 Å². The molecule has 2 N–H and O–H groups in total. The molecule has 3 heterocycles. The number of hydrogen-bond acceptors (Lipinski definition) is 7. The van der Waals surface area contributed by atoms with Crippen LogP contribution in [0.2, 0.25) is 0 Å². The van der Waals surface area contributed by atoms with Crippen LogP contribution in [0, 0.1) is 11.7 Å². The Morgan fingerprint density at radius 3 is 2.73 bits per heavy atom. The molecular weight excluding hydrogens is 446 g/mol. The SMILES string of the molecule is CN1CC(C(=O)NCC2(O)CCN(c3nc(Oc4cccc(F)c4)cc(C(F)(F)F)n3)C2)C1. The molecule has 8 nitrogen and oxygen atoms in total. The van der Waals surface area contributed by atoms with Crippen LogP contribution >= 0.6 is 0 Å².